The van der Waals surface area contributed by atoms with E-state index in [0.717, 1.165) is 41.2 Å². The lowest BCUT2D eigenvalue weighted by Crippen LogP contribution is -2.50. The number of nitrogens with zero attached hydrogens (tertiary/aromatic N) is 5. The smallest absolute Gasteiger partial charge is 0.407 e. The van der Waals surface area contributed by atoms with Gasteiger partial charge in [0, 0.05) is 47.4 Å². The Morgan fingerprint density at radius 1 is 0.971 bits per heavy atom. The molecular weight excluding hydrogens is 509 g/mol. The predicted molar refractivity (Wildman–Crippen MR) is 139 cm³/mol. The van der Waals surface area contributed by atoms with Crippen LogP contribution < -0.4 is 0 Å². The van der Waals surface area contributed by atoms with Gasteiger partial charge in [0.2, 0.25) is 0 Å². The molecule has 35 heavy (non-hydrogen) atoms. The minimum Gasteiger partial charge on any atom is -0.465 e. The molecule has 1 N–H and O–H groups in total. The highest BCUT2D eigenvalue weighted by Gasteiger charge is 2.31. The van der Waals surface area contributed by atoms with Crippen molar-refractivity contribution in [2.45, 2.75) is 25.8 Å². The van der Waals surface area contributed by atoms with E-state index in [0.29, 0.717) is 46.9 Å². The quantitative estimate of drug-likeness (QED) is 0.330. The van der Waals surface area contributed by atoms with E-state index in [4.69, 9.17) is 44.9 Å². The van der Waals surface area contributed by atoms with Gasteiger partial charge in [-0.1, -0.05) is 46.9 Å². The molecule has 1 saturated heterocycles. The zero-order valence-corrected chi connectivity index (χ0v) is 21.4. The molecule has 1 amide bonds. The summed E-state index contributed by atoms with van der Waals surface area (Å²) in [6.07, 6.45) is 1.20. The Morgan fingerprint density at radius 3 is 2.20 bits per heavy atom. The average Bonchev–Trinajstić information content (AvgIpc) is 3.60. The van der Waals surface area contributed by atoms with Crippen LogP contribution >= 0.6 is 34.8 Å². The van der Waals surface area contributed by atoms with Gasteiger partial charge in [0.25, 0.3) is 0 Å². The summed E-state index contributed by atoms with van der Waals surface area (Å²) in [6.45, 7) is 3.99. The van der Waals surface area contributed by atoms with E-state index >= 15 is 0 Å². The molecule has 1 aromatic heterocycles. The van der Waals surface area contributed by atoms with Crippen molar-refractivity contribution in [1.29, 1.82) is 0 Å². The molecule has 0 radical (unpaired) electrons. The lowest BCUT2D eigenvalue weighted by Gasteiger charge is -2.34. The van der Waals surface area contributed by atoms with Gasteiger partial charge in [-0.3, -0.25) is 4.99 Å². The summed E-state index contributed by atoms with van der Waals surface area (Å²) in [4.78, 5) is 20.0. The number of amidine groups is 1. The molecule has 2 heterocycles. The normalized spacial score (nSPS) is 16.6. The summed E-state index contributed by atoms with van der Waals surface area (Å²) in [5, 5.41) is 16.1. The third-order valence-electron chi connectivity index (χ3n) is 6.29. The molecule has 182 valence electrons. The number of hydrogen-bond donors (Lipinski definition) is 1. The van der Waals surface area contributed by atoms with Gasteiger partial charge in [-0.2, -0.15) is 5.10 Å². The molecule has 0 spiro atoms. The van der Waals surface area contributed by atoms with Gasteiger partial charge in [0.05, 0.1) is 22.4 Å². The van der Waals surface area contributed by atoms with E-state index in [2.05, 4.69) is 4.90 Å². The maximum atomic E-state index is 11.4. The first kappa shape index (κ1) is 24.0. The first-order valence-electron chi connectivity index (χ1n) is 11.4. The second-order valence-corrected chi connectivity index (χ2v) is 10.1. The van der Waals surface area contributed by atoms with Crippen LogP contribution in [0.1, 0.15) is 24.1 Å². The minimum atomic E-state index is -0.895. The number of benzene rings is 2. The molecule has 0 atom stereocenters. The van der Waals surface area contributed by atoms with Crippen molar-refractivity contribution in [1.82, 2.24) is 19.6 Å². The van der Waals surface area contributed by atoms with E-state index in [1.165, 1.54) is 4.90 Å². The third kappa shape index (κ3) is 4.99. The zero-order valence-electron chi connectivity index (χ0n) is 19.1. The number of halogens is 3. The van der Waals surface area contributed by atoms with E-state index in [9.17, 15) is 9.90 Å². The number of piperazine rings is 1. The van der Waals surface area contributed by atoms with Crippen LogP contribution in [0.15, 0.2) is 47.5 Å². The Hall–Kier alpha value is -2.74. The average molecular weight is 533 g/mol. The fourth-order valence-corrected chi connectivity index (χ4v) is 4.88. The van der Waals surface area contributed by atoms with Crippen LogP contribution in [-0.2, 0) is 0 Å². The maximum absolute atomic E-state index is 11.4. The molecule has 0 bridgehead atoms. The van der Waals surface area contributed by atoms with Gasteiger partial charge in [-0.05, 0) is 50.1 Å². The van der Waals surface area contributed by atoms with Crippen molar-refractivity contribution < 1.29 is 9.90 Å². The highest BCUT2D eigenvalue weighted by molar-refractivity contribution is 6.35. The number of rotatable bonds is 4. The topological polar surface area (TPSA) is 74.0 Å². The van der Waals surface area contributed by atoms with Gasteiger partial charge in [-0.25, -0.2) is 9.48 Å². The van der Waals surface area contributed by atoms with Crippen LogP contribution in [0.4, 0.5) is 4.79 Å². The second kappa shape index (κ2) is 9.72. The van der Waals surface area contributed by atoms with Crippen molar-refractivity contribution in [2.75, 3.05) is 26.2 Å². The van der Waals surface area contributed by atoms with Crippen LogP contribution in [0.25, 0.3) is 16.9 Å². The van der Waals surface area contributed by atoms with Gasteiger partial charge in [0.1, 0.15) is 5.69 Å². The molecule has 2 aliphatic rings. The molecule has 1 aliphatic carbocycles. The lowest BCUT2D eigenvalue weighted by atomic mass is 10.1. The molecule has 5 rings (SSSR count). The van der Waals surface area contributed by atoms with E-state index in [1.54, 1.807) is 12.1 Å². The van der Waals surface area contributed by atoms with Crippen LogP contribution in [0.5, 0.6) is 0 Å². The number of aliphatic imine (C=N–C) groups is 1. The first-order chi connectivity index (χ1) is 16.8. The molecule has 0 unspecified atom stereocenters. The Kier molecular flexibility index (Phi) is 6.66. The summed E-state index contributed by atoms with van der Waals surface area (Å²) in [5.41, 5.74) is 4.25. The fraction of sp³-hybridized carbons (Fsp3) is 0.320. The Morgan fingerprint density at radius 2 is 1.60 bits per heavy atom. The van der Waals surface area contributed by atoms with Gasteiger partial charge in [-0.15, -0.1) is 0 Å². The summed E-state index contributed by atoms with van der Waals surface area (Å²) < 4.78 is 1.84. The first-order valence-corrected chi connectivity index (χ1v) is 12.6. The van der Waals surface area contributed by atoms with E-state index < -0.39 is 6.09 Å². The lowest BCUT2D eigenvalue weighted by molar-refractivity contribution is 0.124. The Balaban J connectivity index is 1.64. The second-order valence-electron chi connectivity index (χ2n) is 8.78. The third-order valence-corrected chi connectivity index (χ3v) is 7.08. The molecule has 1 saturated carbocycles. The maximum Gasteiger partial charge on any atom is 0.407 e. The molecule has 7 nitrogen and oxygen atoms in total. The van der Waals surface area contributed by atoms with Crippen LogP contribution in [0, 0.1) is 6.92 Å². The molecule has 2 fully saturated rings. The Labute approximate surface area is 218 Å². The van der Waals surface area contributed by atoms with Gasteiger partial charge >= 0.3 is 6.09 Å². The van der Waals surface area contributed by atoms with Crippen molar-refractivity contribution in [3.8, 4) is 16.9 Å². The molecule has 3 aromatic rings. The predicted octanol–water partition coefficient (Wildman–Crippen LogP) is 6.01. The number of carbonyl (C=O) groups is 1. The summed E-state index contributed by atoms with van der Waals surface area (Å²) in [6, 6.07) is 13.2. The van der Waals surface area contributed by atoms with Gasteiger partial charge in [0.15, 0.2) is 5.84 Å². The monoisotopic (exact) mass is 531 g/mol. The largest absolute Gasteiger partial charge is 0.465 e. The van der Waals surface area contributed by atoms with E-state index in [-0.39, 0.29) is 6.04 Å². The van der Waals surface area contributed by atoms with Gasteiger partial charge < -0.3 is 14.9 Å². The number of amides is 1. The highest BCUT2D eigenvalue weighted by Crippen LogP contribution is 2.34. The summed E-state index contributed by atoms with van der Waals surface area (Å²) >= 11 is 18.9. The van der Waals surface area contributed by atoms with Crippen molar-refractivity contribution in [3.63, 3.8) is 0 Å². The fourth-order valence-electron chi connectivity index (χ4n) is 4.26. The number of aromatic nitrogens is 2. The van der Waals surface area contributed by atoms with E-state index in [1.807, 2.05) is 41.9 Å². The summed E-state index contributed by atoms with van der Waals surface area (Å²) in [5.74, 6) is 0.800. The molecule has 1 aliphatic heterocycles. The number of hydrogen-bond acceptors (Lipinski definition) is 3. The molecule has 2 aromatic carbocycles. The van der Waals surface area contributed by atoms with Crippen LogP contribution in [0.2, 0.25) is 15.1 Å². The minimum absolute atomic E-state index is 0.269. The molecular formula is C25H24Cl3N5O2. The highest BCUT2D eigenvalue weighted by atomic mass is 35.5. The standard InChI is InChI=1S/C25H24Cl3N5O2/c1-15-22(24(29-19-7-8-19)31-10-12-32(13-11-31)25(34)35)30-33(21-9-6-18(27)14-20(21)28)23(15)16-2-4-17(26)5-3-16/h2-6,9,14,19H,7-8,10-13H2,1H3,(H,34,35). The molecule has 10 heteroatoms. The van der Waals surface area contributed by atoms with Crippen molar-refractivity contribution in [3.05, 3.63) is 68.8 Å². The van der Waals surface area contributed by atoms with Crippen molar-refractivity contribution >= 4 is 46.7 Å². The van der Waals surface area contributed by atoms with Crippen LogP contribution in [0.3, 0.4) is 0 Å². The number of carboxylic acid groups (broad SMARTS) is 1. The summed E-state index contributed by atoms with van der Waals surface area (Å²) in [7, 11) is 0. The van der Waals surface area contributed by atoms with Crippen molar-refractivity contribution in [2.24, 2.45) is 4.99 Å². The SMILES string of the molecule is Cc1c(C(=NC2CC2)N2CCN(C(=O)O)CC2)nn(-c2ccc(Cl)cc2Cl)c1-c1ccc(Cl)cc1. The van der Waals surface area contributed by atoms with Crippen LogP contribution in [-0.4, -0.2) is 68.8 Å². The Bertz CT molecular complexity index is 1290. The zero-order chi connectivity index (χ0) is 24.7.